The summed E-state index contributed by atoms with van der Waals surface area (Å²) in [5.74, 6) is 0. The summed E-state index contributed by atoms with van der Waals surface area (Å²) in [6, 6.07) is 8.28. The van der Waals surface area contributed by atoms with Crippen molar-refractivity contribution in [3.8, 4) is 6.07 Å². The zero-order valence-electron chi connectivity index (χ0n) is 9.16. The molecule has 0 aromatic heterocycles. The maximum atomic E-state index is 8.84. The van der Waals surface area contributed by atoms with Crippen LogP contribution in [0.3, 0.4) is 0 Å². The second-order valence-corrected chi connectivity index (χ2v) is 4.12. The fraction of sp³-hybridized carbons (Fsp3) is 0.462. The molecule has 2 nitrogen and oxygen atoms in total. The summed E-state index contributed by atoms with van der Waals surface area (Å²) in [6.07, 6.45) is 2.33. The highest BCUT2D eigenvalue weighted by Gasteiger charge is 2.15. The fourth-order valence-electron chi connectivity index (χ4n) is 2.19. The maximum absolute atomic E-state index is 8.84. The molecule has 0 amide bonds. The minimum absolute atomic E-state index is 0.784. The van der Waals surface area contributed by atoms with Gasteiger partial charge >= 0.3 is 0 Å². The third-order valence-corrected chi connectivity index (χ3v) is 2.97. The van der Waals surface area contributed by atoms with E-state index in [0.29, 0.717) is 0 Å². The van der Waals surface area contributed by atoms with Crippen molar-refractivity contribution in [2.75, 3.05) is 13.1 Å². The Morgan fingerprint density at radius 1 is 1.40 bits per heavy atom. The van der Waals surface area contributed by atoms with Gasteiger partial charge in [0.1, 0.15) is 0 Å². The monoisotopic (exact) mass is 200 g/mol. The second-order valence-electron chi connectivity index (χ2n) is 4.12. The van der Waals surface area contributed by atoms with Crippen molar-refractivity contribution in [1.29, 1.82) is 5.26 Å². The molecule has 0 radical (unpaired) electrons. The standard InChI is InChI=1S/C13H16N2/c1-2-6-15-7-5-12-4-3-11(9-14)8-13(12)10-15/h3-4,8H,2,5-7,10H2,1H3. The van der Waals surface area contributed by atoms with Crippen LogP contribution in [0.2, 0.25) is 0 Å². The van der Waals surface area contributed by atoms with Crippen molar-refractivity contribution < 1.29 is 0 Å². The van der Waals surface area contributed by atoms with Crippen LogP contribution in [-0.2, 0) is 13.0 Å². The molecule has 2 heteroatoms. The van der Waals surface area contributed by atoms with Gasteiger partial charge in [-0.05, 0) is 42.6 Å². The Bertz CT molecular complexity index is 390. The molecule has 1 aromatic carbocycles. The lowest BCUT2D eigenvalue weighted by atomic mass is 9.97. The maximum Gasteiger partial charge on any atom is 0.0991 e. The van der Waals surface area contributed by atoms with Gasteiger partial charge in [0.25, 0.3) is 0 Å². The van der Waals surface area contributed by atoms with Crippen molar-refractivity contribution >= 4 is 0 Å². The summed E-state index contributed by atoms with van der Waals surface area (Å²) >= 11 is 0. The summed E-state index contributed by atoms with van der Waals surface area (Å²) in [5, 5.41) is 8.84. The molecular weight excluding hydrogens is 184 g/mol. The highest BCUT2D eigenvalue weighted by molar-refractivity contribution is 5.39. The van der Waals surface area contributed by atoms with Gasteiger partial charge in [-0.15, -0.1) is 0 Å². The van der Waals surface area contributed by atoms with E-state index in [-0.39, 0.29) is 0 Å². The van der Waals surface area contributed by atoms with Crippen LogP contribution in [0.25, 0.3) is 0 Å². The van der Waals surface area contributed by atoms with Crippen LogP contribution < -0.4 is 0 Å². The van der Waals surface area contributed by atoms with Crippen LogP contribution in [0.5, 0.6) is 0 Å². The van der Waals surface area contributed by atoms with Crippen LogP contribution in [-0.4, -0.2) is 18.0 Å². The Labute approximate surface area is 91.1 Å². The van der Waals surface area contributed by atoms with E-state index in [2.05, 4.69) is 24.0 Å². The molecule has 0 N–H and O–H groups in total. The minimum atomic E-state index is 0.784. The summed E-state index contributed by atoms with van der Waals surface area (Å²) in [4.78, 5) is 2.46. The number of hydrogen-bond donors (Lipinski definition) is 0. The number of nitriles is 1. The summed E-state index contributed by atoms with van der Waals surface area (Å²) in [7, 11) is 0. The predicted octanol–water partition coefficient (Wildman–Crippen LogP) is 2.33. The van der Waals surface area contributed by atoms with E-state index in [4.69, 9.17) is 5.26 Å². The molecule has 1 aromatic rings. The lowest BCUT2D eigenvalue weighted by Crippen LogP contribution is -2.31. The average Bonchev–Trinajstić information content (AvgIpc) is 2.28. The van der Waals surface area contributed by atoms with E-state index in [1.54, 1.807) is 0 Å². The number of nitrogens with zero attached hydrogens (tertiary/aromatic N) is 2. The van der Waals surface area contributed by atoms with Crippen LogP contribution in [0.15, 0.2) is 18.2 Å². The van der Waals surface area contributed by atoms with Gasteiger partial charge in [-0.25, -0.2) is 0 Å². The van der Waals surface area contributed by atoms with Crippen LogP contribution in [0.1, 0.15) is 30.0 Å². The normalized spacial score (nSPS) is 15.7. The Kier molecular flexibility index (Phi) is 3.03. The first-order valence-electron chi connectivity index (χ1n) is 5.57. The van der Waals surface area contributed by atoms with E-state index in [0.717, 1.165) is 31.6 Å². The molecule has 78 valence electrons. The highest BCUT2D eigenvalue weighted by Crippen LogP contribution is 2.20. The van der Waals surface area contributed by atoms with Gasteiger partial charge in [0.2, 0.25) is 0 Å². The largest absolute Gasteiger partial charge is 0.299 e. The summed E-state index contributed by atoms with van der Waals surface area (Å²) < 4.78 is 0. The van der Waals surface area contributed by atoms with Crippen molar-refractivity contribution in [3.63, 3.8) is 0 Å². The second kappa shape index (κ2) is 4.46. The molecule has 0 bridgehead atoms. The molecule has 0 atom stereocenters. The molecule has 0 aliphatic carbocycles. The molecule has 0 fully saturated rings. The topological polar surface area (TPSA) is 27.0 Å². The van der Waals surface area contributed by atoms with Gasteiger partial charge in [-0.2, -0.15) is 5.26 Å². The van der Waals surface area contributed by atoms with E-state index in [1.807, 2.05) is 12.1 Å². The first-order chi connectivity index (χ1) is 7.33. The van der Waals surface area contributed by atoms with E-state index < -0.39 is 0 Å². The summed E-state index contributed by atoms with van der Waals surface area (Å²) in [6.45, 7) is 5.54. The third kappa shape index (κ3) is 2.19. The van der Waals surface area contributed by atoms with Gasteiger partial charge in [0.05, 0.1) is 11.6 Å². The van der Waals surface area contributed by atoms with Gasteiger partial charge < -0.3 is 0 Å². The predicted molar refractivity (Wildman–Crippen MR) is 60.4 cm³/mol. The zero-order chi connectivity index (χ0) is 10.7. The van der Waals surface area contributed by atoms with Crippen molar-refractivity contribution in [3.05, 3.63) is 34.9 Å². The number of rotatable bonds is 2. The van der Waals surface area contributed by atoms with Crippen LogP contribution in [0.4, 0.5) is 0 Å². The lowest BCUT2D eigenvalue weighted by Gasteiger charge is -2.28. The van der Waals surface area contributed by atoms with Gasteiger partial charge in [0.15, 0.2) is 0 Å². The van der Waals surface area contributed by atoms with E-state index in [9.17, 15) is 0 Å². The van der Waals surface area contributed by atoms with Crippen LogP contribution in [0, 0.1) is 11.3 Å². The van der Waals surface area contributed by atoms with E-state index >= 15 is 0 Å². The van der Waals surface area contributed by atoms with Crippen molar-refractivity contribution in [2.24, 2.45) is 0 Å². The fourth-order valence-corrected chi connectivity index (χ4v) is 2.19. The van der Waals surface area contributed by atoms with Gasteiger partial charge in [0, 0.05) is 13.1 Å². The smallest absolute Gasteiger partial charge is 0.0991 e. The molecular formula is C13H16N2. The Balaban J connectivity index is 2.20. The molecule has 1 aliphatic heterocycles. The quantitative estimate of drug-likeness (QED) is 0.732. The van der Waals surface area contributed by atoms with Gasteiger partial charge in [-0.1, -0.05) is 13.0 Å². The first kappa shape index (κ1) is 10.2. The van der Waals surface area contributed by atoms with Crippen molar-refractivity contribution in [1.82, 2.24) is 4.90 Å². The molecule has 0 unspecified atom stereocenters. The van der Waals surface area contributed by atoms with Crippen molar-refractivity contribution in [2.45, 2.75) is 26.3 Å². The Hall–Kier alpha value is -1.33. The zero-order valence-corrected chi connectivity index (χ0v) is 9.16. The molecule has 0 saturated heterocycles. The summed E-state index contributed by atoms with van der Waals surface area (Å²) in [5.41, 5.74) is 3.54. The van der Waals surface area contributed by atoms with E-state index in [1.165, 1.54) is 17.5 Å². The SMILES string of the molecule is CCCN1CCc2ccc(C#N)cc2C1. The average molecular weight is 200 g/mol. The number of fused-ring (bicyclic) bond motifs is 1. The Morgan fingerprint density at radius 3 is 3.00 bits per heavy atom. The number of benzene rings is 1. The first-order valence-corrected chi connectivity index (χ1v) is 5.57. The molecule has 0 spiro atoms. The molecule has 1 aliphatic rings. The molecule has 15 heavy (non-hydrogen) atoms. The molecule has 1 heterocycles. The van der Waals surface area contributed by atoms with Crippen LogP contribution >= 0.6 is 0 Å². The third-order valence-electron chi connectivity index (χ3n) is 2.97. The minimum Gasteiger partial charge on any atom is -0.299 e. The molecule has 2 rings (SSSR count). The van der Waals surface area contributed by atoms with Gasteiger partial charge in [-0.3, -0.25) is 4.90 Å². The molecule has 0 saturated carbocycles. The Morgan fingerprint density at radius 2 is 2.27 bits per heavy atom. The number of hydrogen-bond acceptors (Lipinski definition) is 2. The lowest BCUT2D eigenvalue weighted by molar-refractivity contribution is 0.255. The highest BCUT2D eigenvalue weighted by atomic mass is 15.1.